The number of hydrogen-bond donors (Lipinski definition) is 2. The summed E-state index contributed by atoms with van der Waals surface area (Å²) in [6.07, 6.45) is 0. The molecule has 1 aromatic carbocycles. The van der Waals surface area contributed by atoms with Crippen LogP contribution in [0.5, 0.6) is 0 Å². The van der Waals surface area contributed by atoms with Crippen molar-refractivity contribution in [3.63, 3.8) is 0 Å². The maximum atomic E-state index is 13.5. The molecule has 1 aliphatic heterocycles. The third-order valence-corrected chi connectivity index (χ3v) is 2.70. The Morgan fingerprint density at radius 1 is 1.11 bits per heavy atom. The summed E-state index contributed by atoms with van der Waals surface area (Å²) in [5.74, 6) is -1.91. The Kier molecular flexibility index (Phi) is 5.07. The molecule has 0 saturated carbocycles. The molecule has 0 radical (unpaired) electrons. The molecule has 0 aliphatic carbocycles. The molecule has 0 bridgehead atoms. The summed E-state index contributed by atoms with van der Waals surface area (Å²) < 4.78 is 32.1. The highest BCUT2D eigenvalue weighted by atomic mass is 19.1. The van der Waals surface area contributed by atoms with E-state index in [1.807, 2.05) is 0 Å². The van der Waals surface area contributed by atoms with Crippen LogP contribution >= 0.6 is 0 Å². The van der Waals surface area contributed by atoms with E-state index in [4.69, 9.17) is 14.8 Å². The van der Waals surface area contributed by atoms with E-state index in [2.05, 4.69) is 0 Å². The molecule has 0 amide bonds. The van der Waals surface area contributed by atoms with Crippen molar-refractivity contribution in [2.45, 2.75) is 7.43 Å². The van der Waals surface area contributed by atoms with Gasteiger partial charge in [-0.05, 0) is 12.1 Å². The van der Waals surface area contributed by atoms with Crippen molar-refractivity contribution in [3.8, 4) is 0 Å². The van der Waals surface area contributed by atoms with Crippen molar-refractivity contribution < 1.29 is 23.6 Å². The summed E-state index contributed by atoms with van der Waals surface area (Å²) in [7, 11) is -2.14. The van der Waals surface area contributed by atoms with E-state index in [9.17, 15) is 8.78 Å². The molecule has 0 aromatic heterocycles. The van der Waals surface area contributed by atoms with Gasteiger partial charge in [-0.15, -0.1) is 0 Å². The summed E-state index contributed by atoms with van der Waals surface area (Å²) in [5.41, 5.74) is -0.338. The molecular formula is C11H16BF2NO3. The molecule has 18 heavy (non-hydrogen) atoms. The molecule has 2 N–H and O–H groups in total. The van der Waals surface area contributed by atoms with E-state index in [0.717, 1.165) is 12.1 Å². The minimum absolute atomic E-state index is 0. The van der Waals surface area contributed by atoms with Crippen LogP contribution in [0.4, 0.5) is 14.5 Å². The van der Waals surface area contributed by atoms with Crippen molar-refractivity contribution in [3.05, 3.63) is 23.8 Å². The smallest absolute Gasteiger partial charge is 0.423 e. The second-order valence-electron chi connectivity index (χ2n) is 3.80. The first-order valence-electron chi connectivity index (χ1n) is 5.27. The molecule has 1 heterocycles. The van der Waals surface area contributed by atoms with Gasteiger partial charge in [0, 0.05) is 18.8 Å². The second-order valence-corrected chi connectivity index (χ2v) is 3.80. The molecule has 1 aromatic rings. The molecule has 0 unspecified atom stereocenters. The number of morpholine rings is 1. The van der Waals surface area contributed by atoms with E-state index < -0.39 is 24.2 Å². The number of rotatable bonds is 2. The number of hydrogen-bond acceptors (Lipinski definition) is 4. The standard InChI is InChI=1S/C10H12BF2NO3.CH4/c12-8-5-7(14-1-3-17-4-2-14)6-9(13)10(8)11(15)16;/h5-6,15-16H,1-4H2;1H4. The van der Waals surface area contributed by atoms with Crippen LogP contribution in [-0.4, -0.2) is 43.5 Å². The fourth-order valence-corrected chi connectivity index (χ4v) is 1.82. The quantitative estimate of drug-likeness (QED) is 0.740. The number of halogens is 2. The van der Waals surface area contributed by atoms with Gasteiger partial charge >= 0.3 is 7.12 Å². The molecule has 100 valence electrons. The van der Waals surface area contributed by atoms with Gasteiger partial charge < -0.3 is 19.7 Å². The number of nitrogens with zero attached hydrogens (tertiary/aromatic N) is 1. The van der Waals surface area contributed by atoms with E-state index in [0.29, 0.717) is 32.0 Å². The number of benzene rings is 1. The molecule has 0 spiro atoms. The lowest BCUT2D eigenvalue weighted by Gasteiger charge is -2.29. The van der Waals surface area contributed by atoms with Crippen LogP contribution in [0.2, 0.25) is 0 Å². The van der Waals surface area contributed by atoms with Crippen LogP contribution in [0.1, 0.15) is 7.43 Å². The molecule has 1 saturated heterocycles. The summed E-state index contributed by atoms with van der Waals surface area (Å²) in [6, 6.07) is 2.20. The zero-order chi connectivity index (χ0) is 12.4. The third kappa shape index (κ3) is 2.98. The average molecular weight is 259 g/mol. The first-order chi connectivity index (χ1) is 8.09. The van der Waals surface area contributed by atoms with Gasteiger partial charge in [0.1, 0.15) is 11.6 Å². The first-order valence-corrected chi connectivity index (χ1v) is 5.27. The monoisotopic (exact) mass is 259 g/mol. The van der Waals surface area contributed by atoms with Gasteiger partial charge in [0.2, 0.25) is 0 Å². The fraction of sp³-hybridized carbons (Fsp3) is 0.455. The van der Waals surface area contributed by atoms with Gasteiger partial charge in [0.25, 0.3) is 0 Å². The Hall–Kier alpha value is -1.18. The lowest BCUT2D eigenvalue weighted by molar-refractivity contribution is 0.122. The Morgan fingerprint density at radius 2 is 1.61 bits per heavy atom. The van der Waals surface area contributed by atoms with Crippen LogP contribution in [0.3, 0.4) is 0 Å². The SMILES string of the molecule is C.OB(O)c1c(F)cc(N2CCOCC2)cc1F. The van der Waals surface area contributed by atoms with Crippen molar-refractivity contribution >= 4 is 18.3 Å². The molecule has 1 aliphatic rings. The lowest BCUT2D eigenvalue weighted by Crippen LogP contribution is -2.39. The largest absolute Gasteiger partial charge is 0.494 e. The van der Waals surface area contributed by atoms with Gasteiger partial charge in [-0.2, -0.15) is 0 Å². The Bertz CT molecular complexity index is 388. The van der Waals surface area contributed by atoms with Gasteiger partial charge in [-0.3, -0.25) is 0 Å². The van der Waals surface area contributed by atoms with Gasteiger partial charge in [0.15, 0.2) is 0 Å². The van der Waals surface area contributed by atoms with Crippen LogP contribution in [0, 0.1) is 11.6 Å². The molecule has 0 atom stereocenters. The molecule has 4 nitrogen and oxygen atoms in total. The highest BCUT2D eigenvalue weighted by Gasteiger charge is 2.24. The topological polar surface area (TPSA) is 52.9 Å². The molecule has 2 rings (SSSR count). The second kappa shape index (κ2) is 6.13. The van der Waals surface area contributed by atoms with E-state index in [1.54, 1.807) is 4.90 Å². The zero-order valence-electron chi connectivity index (χ0n) is 9.07. The predicted octanol–water partition coefficient (Wildman–Crippen LogP) is 0.117. The minimum atomic E-state index is -2.14. The van der Waals surface area contributed by atoms with Gasteiger partial charge in [0.05, 0.1) is 18.7 Å². The van der Waals surface area contributed by atoms with Crippen LogP contribution < -0.4 is 10.4 Å². The van der Waals surface area contributed by atoms with E-state index >= 15 is 0 Å². The van der Waals surface area contributed by atoms with Crippen LogP contribution in [0.25, 0.3) is 0 Å². The number of anilines is 1. The minimum Gasteiger partial charge on any atom is -0.423 e. The van der Waals surface area contributed by atoms with Crippen molar-refractivity contribution in [2.24, 2.45) is 0 Å². The normalized spacial score (nSPS) is 15.2. The third-order valence-electron chi connectivity index (χ3n) is 2.70. The lowest BCUT2D eigenvalue weighted by atomic mass is 9.79. The summed E-state index contributed by atoms with van der Waals surface area (Å²) >= 11 is 0. The van der Waals surface area contributed by atoms with Crippen molar-refractivity contribution in [1.29, 1.82) is 0 Å². The Balaban J connectivity index is 0.00000162. The molecule has 1 fully saturated rings. The molecule has 7 heteroatoms. The fourth-order valence-electron chi connectivity index (χ4n) is 1.82. The van der Waals surface area contributed by atoms with Crippen molar-refractivity contribution in [2.75, 3.05) is 31.2 Å². The maximum Gasteiger partial charge on any atom is 0.494 e. The highest BCUT2D eigenvalue weighted by molar-refractivity contribution is 6.58. The Morgan fingerprint density at radius 3 is 2.06 bits per heavy atom. The predicted molar refractivity (Wildman–Crippen MR) is 65.9 cm³/mol. The van der Waals surface area contributed by atoms with E-state index in [-0.39, 0.29) is 7.43 Å². The van der Waals surface area contributed by atoms with E-state index in [1.165, 1.54) is 0 Å². The average Bonchev–Trinajstić information content (AvgIpc) is 2.28. The number of ether oxygens (including phenoxy) is 1. The van der Waals surface area contributed by atoms with Crippen LogP contribution in [-0.2, 0) is 4.74 Å². The zero-order valence-corrected chi connectivity index (χ0v) is 9.07. The summed E-state index contributed by atoms with van der Waals surface area (Å²) in [6.45, 7) is 2.13. The summed E-state index contributed by atoms with van der Waals surface area (Å²) in [5, 5.41) is 17.7. The van der Waals surface area contributed by atoms with Crippen molar-refractivity contribution in [1.82, 2.24) is 0 Å². The summed E-state index contributed by atoms with van der Waals surface area (Å²) in [4.78, 5) is 1.78. The first kappa shape index (κ1) is 14.9. The van der Waals surface area contributed by atoms with Crippen LogP contribution in [0.15, 0.2) is 12.1 Å². The van der Waals surface area contributed by atoms with Gasteiger partial charge in [-0.25, -0.2) is 8.78 Å². The Labute approximate surface area is 105 Å². The highest BCUT2D eigenvalue weighted by Crippen LogP contribution is 2.18. The molecular weight excluding hydrogens is 243 g/mol. The van der Waals surface area contributed by atoms with Gasteiger partial charge in [-0.1, -0.05) is 7.43 Å². The maximum absolute atomic E-state index is 13.5.